The highest BCUT2D eigenvalue weighted by Crippen LogP contribution is 2.28. The van der Waals surface area contributed by atoms with Gasteiger partial charge in [0.05, 0.1) is 0 Å². The summed E-state index contributed by atoms with van der Waals surface area (Å²) in [5, 5.41) is 10.3. The molecule has 0 aliphatic rings. The third-order valence-electron chi connectivity index (χ3n) is 4.13. The molecule has 2 aromatic heterocycles. The number of benzene rings is 2. The maximum Gasteiger partial charge on any atom is 0.282 e. The van der Waals surface area contributed by atoms with Gasteiger partial charge in [-0.25, -0.2) is 9.37 Å². The second kappa shape index (κ2) is 7.86. The summed E-state index contributed by atoms with van der Waals surface area (Å²) >= 11 is 5.91. The van der Waals surface area contributed by atoms with Crippen LogP contribution in [-0.2, 0) is 0 Å². The van der Waals surface area contributed by atoms with Crippen molar-refractivity contribution in [2.45, 2.75) is 0 Å². The zero-order chi connectivity index (χ0) is 20.4. The number of carbonyl (C=O) groups is 1. The molecule has 0 bridgehead atoms. The lowest BCUT2D eigenvalue weighted by molar-refractivity contribution is 0.0951. The van der Waals surface area contributed by atoms with Crippen molar-refractivity contribution in [2.24, 2.45) is 0 Å². The van der Waals surface area contributed by atoms with Gasteiger partial charge in [0, 0.05) is 23.1 Å². The summed E-state index contributed by atoms with van der Waals surface area (Å²) < 4.78 is 20.4. The fraction of sp³-hybridized carbons (Fsp3) is 0.0500. The number of imidazole rings is 1. The van der Waals surface area contributed by atoms with Crippen LogP contribution < -0.4 is 9.64 Å². The number of fused-ring (bicyclic) bond motifs is 1. The van der Waals surface area contributed by atoms with Crippen LogP contribution in [0.25, 0.3) is 5.78 Å². The first kappa shape index (κ1) is 18.9. The first-order chi connectivity index (χ1) is 14.1. The molecule has 1 amide bonds. The molecule has 0 aliphatic carbocycles. The zero-order valence-electron chi connectivity index (χ0n) is 14.9. The van der Waals surface area contributed by atoms with Crippen LogP contribution in [0.4, 0.5) is 10.1 Å². The molecule has 2 heterocycles. The topological polar surface area (TPSA) is 80.0 Å². The van der Waals surface area contributed by atoms with Crippen LogP contribution in [0.15, 0.2) is 67.0 Å². The highest BCUT2D eigenvalue weighted by atomic mass is 35.5. The molecule has 0 spiro atoms. The van der Waals surface area contributed by atoms with Gasteiger partial charge in [0.25, 0.3) is 11.8 Å². The Balaban J connectivity index is 1.79. The number of aliphatic hydroxyl groups excluding tert-OH is 1. The first-order valence-corrected chi connectivity index (χ1v) is 8.89. The average molecular weight is 413 g/mol. The predicted octanol–water partition coefficient (Wildman–Crippen LogP) is 3.91. The minimum atomic E-state index is -0.579. The van der Waals surface area contributed by atoms with E-state index in [0.717, 1.165) is 4.90 Å². The lowest BCUT2D eigenvalue weighted by atomic mass is 10.2. The van der Waals surface area contributed by atoms with Crippen molar-refractivity contribution >= 4 is 29.0 Å². The van der Waals surface area contributed by atoms with E-state index in [9.17, 15) is 14.3 Å². The summed E-state index contributed by atoms with van der Waals surface area (Å²) in [5.41, 5.74) is 0.495. The van der Waals surface area contributed by atoms with Gasteiger partial charge in [-0.2, -0.15) is 4.98 Å². The Labute approximate surface area is 169 Å². The van der Waals surface area contributed by atoms with Crippen molar-refractivity contribution < 1.29 is 19.0 Å². The number of carbonyl (C=O) groups excluding carboxylic acids is 1. The highest BCUT2D eigenvalue weighted by Gasteiger charge is 2.27. The number of ether oxygens (including phenoxy) is 1. The van der Waals surface area contributed by atoms with Gasteiger partial charge in [-0.15, -0.1) is 0 Å². The molecule has 0 atom stereocenters. The van der Waals surface area contributed by atoms with E-state index >= 15 is 0 Å². The summed E-state index contributed by atoms with van der Waals surface area (Å²) in [5.74, 6) is -0.465. The van der Waals surface area contributed by atoms with Gasteiger partial charge in [-0.1, -0.05) is 11.6 Å². The summed E-state index contributed by atoms with van der Waals surface area (Å²) in [6.07, 6.45) is 3.14. The molecule has 0 fully saturated rings. The minimum Gasteiger partial charge on any atom is -0.437 e. The minimum absolute atomic E-state index is 0.0206. The van der Waals surface area contributed by atoms with Gasteiger partial charge in [0.1, 0.15) is 18.3 Å². The third-order valence-corrected chi connectivity index (χ3v) is 4.38. The Morgan fingerprint density at radius 1 is 1.17 bits per heavy atom. The quantitative estimate of drug-likeness (QED) is 0.503. The van der Waals surface area contributed by atoms with Crippen LogP contribution >= 0.6 is 11.6 Å². The summed E-state index contributed by atoms with van der Waals surface area (Å²) in [4.78, 5) is 22.8. The molecule has 7 nitrogen and oxygen atoms in total. The molecule has 1 N–H and O–H groups in total. The normalized spacial score (nSPS) is 10.9. The molecule has 4 rings (SSSR count). The number of hydrogen-bond acceptors (Lipinski definition) is 5. The van der Waals surface area contributed by atoms with Crippen LogP contribution in [0.1, 0.15) is 10.5 Å². The monoisotopic (exact) mass is 412 g/mol. The van der Waals surface area contributed by atoms with Crippen molar-refractivity contribution in [2.75, 3.05) is 11.6 Å². The lowest BCUT2D eigenvalue weighted by Crippen LogP contribution is -2.33. The van der Waals surface area contributed by atoms with Crippen molar-refractivity contribution in [1.29, 1.82) is 0 Å². The Bertz CT molecular complexity index is 1160. The Morgan fingerprint density at radius 2 is 1.90 bits per heavy atom. The van der Waals surface area contributed by atoms with Gasteiger partial charge < -0.3 is 9.84 Å². The Hall–Kier alpha value is -3.49. The van der Waals surface area contributed by atoms with E-state index in [0.29, 0.717) is 16.5 Å². The molecule has 0 radical (unpaired) electrons. The predicted molar refractivity (Wildman–Crippen MR) is 105 cm³/mol. The SMILES string of the molecule is O=C(c1c(Oc2ccc(F)cc2)nc2ncccn12)N(CO)c1ccc(Cl)cc1. The summed E-state index contributed by atoms with van der Waals surface area (Å²) in [6.45, 7) is -0.579. The second-order valence-electron chi connectivity index (χ2n) is 5.96. The van der Waals surface area contributed by atoms with E-state index in [2.05, 4.69) is 9.97 Å². The molecule has 146 valence electrons. The van der Waals surface area contributed by atoms with Crippen molar-refractivity contribution in [3.05, 3.63) is 83.5 Å². The van der Waals surface area contributed by atoms with E-state index in [-0.39, 0.29) is 17.4 Å². The van der Waals surface area contributed by atoms with E-state index in [1.807, 2.05) is 0 Å². The number of halogens is 2. The van der Waals surface area contributed by atoms with Crippen LogP contribution in [0.5, 0.6) is 11.6 Å². The first-order valence-electron chi connectivity index (χ1n) is 8.51. The molecule has 4 aromatic rings. The zero-order valence-corrected chi connectivity index (χ0v) is 15.6. The molecular formula is C20H14ClFN4O3. The van der Waals surface area contributed by atoms with Crippen molar-refractivity contribution in [1.82, 2.24) is 14.4 Å². The molecule has 2 aromatic carbocycles. The van der Waals surface area contributed by atoms with Gasteiger partial charge in [0.15, 0.2) is 5.69 Å². The lowest BCUT2D eigenvalue weighted by Gasteiger charge is -2.20. The molecule has 0 unspecified atom stereocenters. The molecule has 29 heavy (non-hydrogen) atoms. The van der Waals surface area contributed by atoms with Gasteiger partial charge in [0.2, 0.25) is 5.78 Å². The van der Waals surface area contributed by atoms with Crippen molar-refractivity contribution in [3.8, 4) is 11.6 Å². The highest BCUT2D eigenvalue weighted by molar-refractivity contribution is 6.30. The van der Waals surface area contributed by atoms with E-state index in [4.69, 9.17) is 16.3 Å². The molecule has 0 saturated heterocycles. The van der Waals surface area contributed by atoms with Crippen molar-refractivity contribution in [3.63, 3.8) is 0 Å². The number of rotatable bonds is 5. The number of aliphatic hydroxyl groups is 1. The van der Waals surface area contributed by atoms with E-state index in [1.165, 1.54) is 34.9 Å². The van der Waals surface area contributed by atoms with E-state index < -0.39 is 18.5 Å². The summed E-state index contributed by atoms with van der Waals surface area (Å²) in [6, 6.07) is 13.4. The van der Waals surface area contributed by atoms with Gasteiger partial charge >= 0.3 is 0 Å². The molecule has 0 saturated carbocycles. The van der Waals surface area contributed by atoms with Gasteiger partial charge in [-0.3, -0.25) is 14.1 Å². The number of aromatic nitrogens is 3. The second-order valence-corrected chi connectivity index (χ2v) is 6.40. The molecular weight excluding hydrogens is 399 g/mol. The molecule has 9 heteroatoms. The summed E-state index contributed by atoms with van der Waals surface area (Å²) in [7, 11) is 0. The fourth-order valence-corrected chi connectivity index (χ4v) is 2.89. The average Bonchev–Trinajstić information content (AvgIpc) is 3.09. The van der Waals surface area contributed by atoms with Crippen LogP contribution in [-0.4, -0.2) is 32.1 Å². The smallest absolute Gasteiger partial charge is 0.282 e. The maximum atomic E-state index is 13.3. The Kier molecular flexibility index (Phi) is 5.11. The maximum absolute atomic E-state index is 13.3. The largest absolute Gasteiger partial charge is 0.437 e. The standard InChI is InChI=1S/C20H14ClFN4O3/c21-13-2-6-15(7-3-13)26(12-27)19(28)17-18(24-20-23-10-1-11-25(17)20)29-16-8-4-14(22)5-9-16/h1-11,27H,12H2. The van der Waals surface area contributed by atoms with E-state index in [1.54, 1.807) is 36.5 Å². The van der Waals surface area contributed by atoms with Crippen LogP contribution in [0.3, 0.4) is 0 Å². The van der Waals surface area contributed by atoms with Gasteiger partial charge in [-0.05, 0) is 54.6 Å². The van der Waals surface area contributed by atoms with Crippen LogP contribution in [0, 0.1) is 5.82 Å². The third kappa shape index (κ3) is 3.75. The van der Waals surface area contributed by atoms with Crippen LogP contribution in [0.2, 0.25) is 5.02 Å². The number of nitrogens with zero attached hydrogens (tertiary/aromatic N) is 4. The fourth-order valence-electron chi connectivity index (χ4n) is 2.76. The molecule has 0 aliphatic heterocycles. The Morgan fingerprint density at radius 3 is 2.59 bits per heavy atom. The number of hydrogen-bond donors (Lipinski definition) is 1. The number of anilines is 1. The number of amides is 1.